The summed E-state index contributed by atoms with van der Waals surface area (Å²) < 4.78 is 0. The molecule has 2 aromatic carbocycles. The lowest BCUT2D eigenvalue weighted by Gasteiger charge is -2.20. The fourth-order valence-corrected chi connectivity index (χ4v) is 2.98. The van der Waals surface area contributed by atoms with Crippen molar-refractivity contribution in [3.05, 3.63) is 65.9 Å². The summed E-state index contributed by atoms with van der Waals surface area (Å²) in [5.74, 6) is -0.318. The van der Waals surface area contributed by atoms with Crippen LogP contribution >= 0.6 is 0 Å². The number of benzene rings is 2. The number of amides is 2. The van der Waals surface area contributed by atoms with Gasteiger partial charge in [0.15, 0.2) is 0 Å². The van der Waals surface area contributed by atoms with Gasteiger partial charge in [-0.25, -0.2) is 0 Å². The Morgan fingerprint density at radius 1 is 1.08 bits per heavy atom. The second kappa shape index (κ2) is 7.87. The van der Waals surface area contributed by atoms with Gasteiger partial charge in [-0.15, -0.1) is 0 Å². The topological polar surface area (TPSA) is 65.2 Å². The lowest BCUT2D eigenvalue weighted by atomic mass is 10.1. The molecule has 3 aromatic rings. The molecule has 5 nitrogen and oxygen atoms in total. The molecule has 0 unspecified atom stereocenters. The van der Waals surface area contributed by atoms with Gasteiger partial charge < -0.3 is 15.2 Å². The van der Waals surface area contributed by atoms with Crippen LogP contribution in [0.5, 0.6) is 0 Å². The summed E-state index contributed by atoms with van der Waals surface area (Å²) >= 11 is 0. The standard InChI is InChI=1S/C21H23N3O2/c1-15-7-9-18(10-8-15)24(16(2)25)14-21(26)22-12-11-17-13-23-20-6-4-3-5-19(17)20/h3-10,13,23H,11-12,14H2,1-2H3,(H,22,26). The Morgan fingerprint density at radius 2 is 1.81 bits per heavy atom. The number of aromatic nitrogens is 1. The van der Waals surface area contributed by atoms with Gasteiger partial charge in [-0.2, -0.15) is 0 Å². The van der Waals surface area contributed by atoms with E-state index in [0.717, 1.165) is 23.2 Å². The van der Waals surface area contributed by atoms with Crippen LogP contribution in [0.1, 0.15) is 18.1 Å². The van der Waals surface area contributed by atoms with Crippen molar-refractivity contribution in [3.63, 3.8) is 0 Å². The largest absolute Gasteiger partial charge is 0.361 e. The van der Waals surface area contributed by atoms with Crippen LogP contribution in [0.3, 0.4) is 0 Å². The smallest absolute Gasteiger partial charge is 0.240 e. The number of aryl methyl sites for hydroxylation is 1. The number of nitrogens with zero attached hydrogens (tertiary/aromatic N) is 1. The molecule has 2 N–H and O–H groups in total. The van der Waals surface area contributed by atoms with E-state index in [1.54, 1.807) is 0 Å². The van der Waals surface area contributed by atoms with E-state index in [2.05, 4.69) is 16.4 Å². The summed E-state index contributed by atoms with van der Waals surface area (Å²) in [7, 11) is 0. The van der Waals surface area contributed by atoms with E-state index in [1.807, 2.05) is 55.6 Å². The molecule has 0 aliphatic heterocycles. The van der Waals surface area contributed by atoms with Gasteiger partial charge in [-0.1, -0.05) is 35.9 Å². The zero-order valence-corrected chi connectivity index (χ0v) is 15.1. The predicted octanol–water partition coefficient (Wildman–Crippen LogP) is 3.19. The van der Waals surface area contributed by atoms with Crippen molar-refractivity contribution in [1.29, 1.82) is 0 Å². The number of hydrogen-bond donors (Lipinski definition) is 2. The molecule has 0 saturated heterocycles. The van der Waals surface area contributed by atoms with Crippen molar-refractivity contribution in [2.75, 3.05) is 18.0 Å². The molecule has 0 atom stereocenters. The first-order valence-electron chi connectivity index (χ1n) is 8.71. The molecule has 26 heavy (non-hydrogen) atoms. The van der Waals surface area contributed by atoms with Crippen molar-refractivity contribution >= 4 is 28.4 Å². The quantitative estimate of drug-likeness (QED) is 0.718. The summed E-state index contributed by atoms with van der Waals surface area (Å²) in [5, 5.41) is 4.08. The van der Waals surface area contributed by atoms with Crippen LogP contribution in [0.15, 0.2) is 54.7 Å². The van der Waals surface area contributed by atoms with Crippen molar-refractivity contribution in [3.8, 4) is 0 Å². The summed E-state index contributed by atoms with van der Waals surface area (Å²) in [6, 6.07) is 15.7. The molecule has 5 heteroatoms. The molecule has 3 rings (SSSR count). The first-order valence-corrected chi connectivity index (χ1v) is 8.71. The zero-order valence-electron chi connectivity index (χ0n) is 15.1. The number of rotatable bonds is 6. The van der Waals surface area contributed by atoms with Gasteiger partial charge in [0.25, 0.3) is 0 Å². The molecular formula is C21H23N3O2. The maximum Gasteiger partial charge on any atom is 0.240 e. The SMILES string of the molecule is CC(=O)N(CC(=O)NCCc1c[nH]c2ccccc12)c1ccc(C)cc1. The number of H-pyrrole nitrogens is 1. The first kappa shape index (κ1) is 17.7. The van der Waals surface area contributed by atoms with Gasteiger partial charge in [0, 0.05) is 36.3 Å². The predicted molar refractivity (Wildman–Crippen MR) is 104 cm³/mol. The molecule has 0 aliphatic rings. The Balaban J connectivity index is 1.57. The van der Waals surface area contributed by atoms with Crippen LogP contribution in [-0.4, -0.2) is 29.9 Å². The van der Waals surface area contributed by atoms with Crippen LogP contribution in [0.2, 0.25) is 0 Å². The van der Waals surface area contributed by atoms with E-state index in [1.165, 1.54) is 22.8 Å². The molecule has 0 spiro atoms. The monoisotopic (exact) mass is 349 g/mol. The summed E-state index contributed by atoms with van der Waals surface area (Å²) in [6.45, 7) is 4.00. The van der Waals surface area contributed by atoms with Crippen LogP contribution in [0.25, 0.3) is 10.9 Å². The van der Waals surface area contributed by atoms with Gasteiger partial charge >= 0.3 is 0 Å². The van der Waals surface area contributed by atoms with E-state index >= 15 is 0 Å². The Bertz CT molecular complexity index is 912. The number of aromatic amines is 1. The van der Waals surface area contributed by atoms with Crippen molar-refractivity contribution < 1.29 is 9.59 Å². The molecular weight excluding hydrogens is 326 g/mol. The third-order valence-corrected chi connectivity index (χ3v) is 4.42. The number of carbonyl (C=O) groups is 2. The summed E-state index contributed by atoms with van der Waals surface area (Å²) in [5.41, 5.74) is 4.11. The molecule has 2 amide bonds. The van der Waals surface area contributed by atoms with Gasteiger partial charge in [-0.3, -0.25) is 9.59 Å². The average molecular weight is 349 g/mol. The minimum Gasteiger partial charge on any atom is -0.361 e. The van der Waals surface area contributed by atoms with E-state index in [-0.39, 0.29) is 18.4 Å². The Morgan fingerprint density at radius 3 is 2.54 bits per heavy atom. The highest BCUT2D eigenvalue weighted by Crippen LogP contribution is 2.18. The Kier molecular flexibility index (Phi) is 5.37. The fraction of sp³-hybridized carbons (Fsp3) is 0.238. The van der Waals surface area contributed by atoms with Crippen LogP contribution in [0, 0.1) is 6.92 Å². The van der Waals surface area contributed by atoms with E-state index in [0.29, 0.717) is 6.54 Å². The molecule has 0 aliphatic carbocycles. The Hall–Kier alpha value is -3.08. The highest BCUT2D eigenvalue weighted by molar-refractivity contribution is 5.97. The van der Waals surface area contributed by atoms with Crippen molar-refractivity contribution in [1.82, 2.24) is 10.3 Å². The van der Waals surface area contributed by atoms with Crippen LogP contribution in [0.4, 0.5) is 5.69 Å². The van der Waals surface area contributed by atoms with Crippen LogP contribution < -0.4 is 10.2 Å². The maximum absolute atomic E-state index is 12.3. The lowest BCUT2D eigenvalue weighted by Crippen LogP contribution is -2.40. The second-order valence-corrected chi connectivity index (χ2v) is 6.40. The highest BCUT2D eigenvalue weighted by Gasteiger charge is 2.15. The lowest BCUT2D eigenvalue weighted by molar-refractivity contribution is -0.123. The minimum atomic E-state index is -0.166. The third-order valence-electron chi connectivity index (χ3n) is 4.42. The molecule has 0 fully saturated rings. The van der Waals surface area contributed by atoms with Crippen molar-refractivity contribution in [2.24, 2.45) is 0 Å². The van der Waals surface area contributed by atoms with Gasteiger partial charge in [0.2, 0.25) is 11.8 Å². The number of hydrogen-bond acceptors (Lipinski definition) is 2. The van der Waals surface area contributed by atoms with Crippen LogP contribution in [-0.2, 0) is 16.0 Å². The number of fused-ring (bicyclic) bond motifs is 1. The first-order chi connectivity index (χ1) is 12.5. The molecule has 0 saturated carbocycles. The number of nitrogens with one attached hydrogen (secondary N) is 2. The fourth-order valence-electron chi connectivity index (χ4n) is 2.98. The minimum absolute atomic E-state index is 0.0201. The van der Waals surface area contributed by atoms with E-state index < -0.39 is 0 Å². The number of anilines is 1. The van der Waals surface area contributed by atoms with E-state index in [9.17, 15) is 9.59 Å². The van der Waals surface area contributed by atoms with E-state index in [4.69, 9.17) is 0 Å². The maximum atomic E-state index is 12.3. The van der Waals surface area contributed by atoms with Gasteiger partial charge in [0.05, 0.1) is 0 Å². The Labute approximate surface area is 153 Å². The molecule has 1 aromatic heterocycles. The molecule has 134 valence electrons. The molecule has 0 bridgehead atoms. The zero-order chi connectivity index (χ0) is 18.5. The highest BCUT2D eigenvalue weighted by atomic mass is 16.2. The summed E-state index contributed by atoms with van der Waals surface area (Å²) in [6.07, 6.45) is 2.71. The second-order valence-electron chi connectivity index (χ2n) is 6.40. The normalized spacial score (nSPS) is 10.7. The van der Waals surface area contributed by atoms with Crippen molar-refractivity contribution in [2.45, 2.75) is 20.3 Å². The molecule has 1 heterocycles. The number of para-hydroxylation sites is 1. The third kappa shape index (κ3) is 4.11. The average Bonchev–Trinajstić information content (AvgIpc) is 3.04. The number of carbonyl (C=O) groups excluding carboxylic acids is 2. The van der Waals surface area contributed by atoms with Gasteiger partial charge in [0.1, 0.15) is 6.54 Å². The summed E-state index contributed by atoms with van der Waals surface area (Å²) in [4.78, 5) is 28.9. The van der Waals surface area contributed by atoms with Gasteiger partial charge in [-0.05, 0) is 37.1 Å². The molecule has 0 radical (unpaired) electrons.